The van der Waals surface area contributed by atoms with Gasteiger partial charge in [0, 0.05) is 30.9 Å². The van der Waals surface area contributed by atoms with Gasteiger partial charge in [-0.25, -0.2) is 4.79 Å². The Morgan fingerprint density at radius 3 is 2.52 bits per heavy atom. The summed E-state index contributed by atoms with van der Waals surface area (Å²) >= 11 is 0. The molecule has 4 heteroatoms. The fraction of sp³-hybridized carbons (Fsp3) is 0.368. The standard InChI is InChI=1S/C19H23N3O/c23-18(21-14-16-7-6-12-20-13-16)22-15-19(10-4-5-11-19)17-8-2-1-3-9-17/h1-3,6-9,12-13H,4-5,10-11,14-15H2,(H2,21,22,23). The van der Waals surface area contributed by atoms with Crippen molar-refractivity contribution in [1.82, 2.24) is 15.6 Å². The van der Waals surface area contributed by atoms with Crippen LogP contribution in [0.5, 0.6) is 0 Å². The smallest absolute Gasteiger partial charge is 0.315 e. The number of urea groups is 1. The molecule has 2 N–H and O–H groups in total. The van der Waals surface area contributed by atoms with Gasteiger partial charge in [0.2, 0.25) is 0 Å². The van der Waals surface area contributed by atoms with Crippen LogP contribution in [0, 0.1) is 0 Å². The Labute approximate surface area is 137 Å². The van der Waals surface area contributed by atoms with Crippen LogP contribution in [0.2, 0.25) is 0 Å². The van der Waals surface area contributed by atoms with Crippen molar-refractivity contribution in [2.75, 3.05) is 6.54 Å². The van der Waals surface area contributed by atoms with Gasteiger partial charge in [0.15, 0.2) is 0 Å². The van der Waals surface area contributed by atoms with E-state index in [1.54, 1.807) is 12.4 Å². The highest BCUT2D eigenvalue weighted by Gasteiger charge is 2.35. The van der Waals surface area contributed by atoms with Crippen LogP contribution in [0.15, 0.2) is 54.9 Å². The van der Waals surface area contributed by atoms with E-state index in [2.05, 4.69) is 39.9 Å². The van der Waals surface area contributed by atoms with Gasteiger partial charge in [0.25, 0.3) is 0 Å². The van der Waals surface area contributed by atoms with Gasteiger partial charge in [-0.2, -0.15) is 0 Å². The first kappa shape index (κ1) is 15.5. The van der Waals surface area contributed by atoms with E-state index in [1.807, 2.05) is 18.2 Å². The van der Waals surface area contributed by atoms with Crippen molar-refractivity contribution in [1.29, 1.82) is 0 Å². The number of nitrogens with one attached hydrogen (secondary N) is 2. The van der Waals surface area contributed by atoms with Gasteiger partial charge in [0.1, 0.15) is 0 Å². The molecule has 120 valence electrons. The average Bonchev–Trinajstić information content (AvgIpc) is 3.10. The molecule has 0 aliphatic heterocycles. The Bertz CT molecular complexity index is 622. The lowest BCUT2D eigenvalue weighted by Gasteiger charge is -2.30. The van der Waals surface area contributed by atoms with Crippen molar-refractivity contribution in [2.24, 2.45) is 0 Å². The van der Waals surface area contributed by atoms with Crippen molar-refractivity contribution in [3.63, 3.8) is 0 Å². The predicted octanol–water partition coefficient (Wildman–Crippen LogP) is 3.39. The summed E-state index contributed by atoms with van der Waals surface area (Å²) in [5, 5.41) is 5.97. The van der Waals surface area contributed by atoms with Crippen molar-refractivity contribution in [3.05, 3.63) is 66.0 Å². The van der Waals surface area contributed by atoms with E-state index in [0.717, 1.165) is 18.4 Å². The van der Waals surface area contributed by atoms with Gasteiger partial charge in [-0.3, -0.25) is 4.98 Å². The van der Waals surface area contributed by atoms with Gasteiger partial charge < -0.3 is 10.6 Å². The predicted molar refractivity (Wildman–Crippen MR) is 91.1 cm³/mol. The second kappa shape index (κ2) is 7.27. The number of carbonyl (C=O) groups is 1. The summed E-state index contributed by atoms with van der Waals surface area (Å²) in [6.45, 7) is 1.19. The zero-order valence-electron chi connectivity index (χ0n) is 13.3. The molecular weight excluding hydrogens is 286 g/mol. The zero-order chi connectivity index (χ0) is 16.0. The Morgan fingerprint density at radius 1 is 1.04 bits per heavy atom. The van der Waals surface area contributed by atoms with E-state index in [0.29, 0.717) is 13.1 Å². The molecule has 1 aliphatic rings. The lowest BCUT2D eigenvalue weighted by atomic mass is 9.79. The molecule has 0 atom stereocenters. The van der Waals surface area contributed by atoms with E-state index in [9.17, 15) is 4.79 Å². The van der Waals surface area contributed by atoms with E-state index in [-0.39, 0.29) is 11.4 Å². The quantitative estimate of drug-likeness (QED) is 0.889. The highest BCUT2D eigenvalue weighted by Crippen LogP contribution is 2.40. The summed E-state index contributed by atoms with van der Waals surface area (Å²) in [5.41, 5.74) is 2.43. The van der Waals surface area contributed by atoms with Gasteiger partial charge in [-0.05, 0) is 30.0 Å². The van der Waals surface area contributed by atoms with Gasteiger partial charge >= 0.3 is 6.03 Å². The fourth-order valence-electron chi connectivity index (χ4n) is 3.41. The average molecular weight is 309 g/mol. The molecule has 1 saturated carbocycles. The van der Waals surface area contributed by atoms with Crippen LogP contribution in [0.3, 0.4) is 0 Å². The number of nitrogens with zero attached hydrogens (tertiary/aromatic N) is 1. The summed E-state index contributed by atoms with van der Waals surface area (Å²) in [5.74, 6) is 0. The Hall–Kier alpha value is -2.36. The number of amides is 2. The first-order valence-corrected chi connectivity index (χ1v) is 8.25. The second-order valence-electron chi connectivity index (χ2n) is 6.25. The SMILES string of the molecule is O=C(NCc1cccnc1)NCC1(c2ccccc2)CCCC1. The molecule has 23 heavy (non-hydrogen) atoms. The fourth-order valence-corrected chi connectivity index (χ4v) is 3.41. The van der Waals surface area contributed by atoms with Gasteiger partial charge in [0.05, 0.1) is 0 Å². The molecule has 1 fully saturated rings. The van der Waals surface area contributed by atoms with Gasteiger partial charge in [-0.15, -0.1) is 0 Å². The van der Waals surface area contributed by atoms with Gasteiger partial charge in [-0.1, -0.05) is 49.2 Å². The van der Waals surface area contributed by atoms with E-state index < -0.39 is 0 Å². The molecule has 0 spiro atoms. The minimum atomic E-state index is -0.115. The van der Waals surface area contributed by atoms with E-state index >= 15 is 0 Å². The second-order valence-corrected chi connectivity index (χ2v) is 6.25. The zero-order valence-corrected chi connectivity index (χ0v) is 13.3. The summed E-state index contributed by atoms with van der Waals surface area (Å²) in [4.78, 5) is 16.2. The third kappa shape index (κ3) is 3.89. The van der Waals surface area contributed by atoms with E-state index in [1.165, 1.54) is 18.4 Å². The first-order valence-electron chi connectivity index (χ1n) is 8.25. The molecule has 1 heterocycles. The molecule has 0 radical (unpaired) electrons. The maximum atomic E-state index is 12.1. The molecule has 3 rings (SSSR count). The Balaban J connectivity index is 1.56. The third-order valence-corrected chi connectivity index (χ3v) is 4.71. The minimum absolute atomic E-state index is 0.0902. The van der Waals surface area contributed by atoms with Crippen molar-refractivity contribution >= 4 is 6.03 Å². The molecule has 4 nitrogen and oxygen atoms in total. The molecule has 1 aromatic carbocycles. The van der Waals surface area contributed by atoms with Crippen LogP contribution >= 0.6 is 0 Å². The largest absolute Gasteiger partial charge is 0.337 e. The molecule has 1 aliphatic carbocycles. The number of benzene rings is 1. The lowest BCUT2D eigenvalue weighted by molar-refractivity contribution is 0.236. The van der Waals surface area contributed by atoms with Crippen LogP contribution in [0.1, 0.15) is 36.8 Å². The lowest BCUT2D eigenvalue weighted by Crippen LogP contribution is -2.43. The third-order valence-electron chi connectivity index (χ3n) is 4.71. The monoisotopic (exact) mass is 309 g/mol. The van der Waals surface area contributed by atoms with Crippen LogP contribution in [-0.2, 0) is 12.0 Å². The number of aromatic nitrogens is 1. The molecule has 2 amide bonds. The summed E-state index contributed by atoms with van der Waals surface area (Å²) < 4.78 is 0. The van der Waals surface area contributed by atoms with E-state index in [4.69, 9.17) is 0 Å². The van der Waals surface area contributed by atoms with Crippen molar-refractivity contribution < 1.29 is 4.79 Å². The molecule has 0 unspecified atom stereocenters. The number of hydrogen-bond acceptors (Lipinski definition) is 2. The molecule has 2 aromatic rings. The number of rotatable bonds is 5. The highest BCUT2D eigenvalue weighted by molar-refractivity contribution is 5.74. The van der Waals surface area contributed by atoms with Crippen molar-refractivity contribution in [2.45, 2.75) is 37.6 Å². The number of pyridine rings is 1. The molecule has 0 bridgehead atoms. The number of hydrogen-bond donors (Lipinski definition) is 2. The Morgan fingerprint density at radius 2 is 1.83 bits per heavy atom. The summed E-state index contributed by atoms with van der Waals surface area (Å²) in [7, 11) is 0. The highest BCUT2D eigenvalue weighted by atomic mass is 16.2. The van der Waals surface area contributed by atoms with Crippen molar-refractivity contribution in [3.8, 4) is 0 Å². The summed E-state index contributed by atoms with van der Waals surface area (Å²) in [6.07, 6.45) is 8.23. The first-order chi connectivity index (χ1) is 11.3. The Kier molecular flexibility index (Phi) is 4.91. The topological polar surface area (TPSA) is 54.0 Å². The van der Waals surface area contributed by atoms with Crippen LogP contribution < -0.4 is 10.6 Å². The molecular formula is C19H23N3O. The van der Waals surface area contributed by atoms with Crippen LogP contribution in [0.25, 0.3) is 0 Å². The normalized spacial score (nSPS) is 16.0. The van der Waals surface area contributed by atoms with Crippen LogP contribution in [-0.4, -0.2) is 17.6 Å². The molecule has 1 aromatic heterocycles. The minimum Gasteiger partial charge on any atom is -0.337 e. The van der Waals surface area contributed by atoms with Crippen LogP contribution in [0.4, 0.5) is 4.79 Å². The summed E-state index contributed by atoms with van der Waals surface area (Å²) in [6, 6.07) is 14.3. The molecule has 0 saturated heterocycles. The maximum Gasteiger partial charge on any atom is 0.315 e. The number of carbonyl (C=O) groups excluding carboxylic acids is 1. The maximum absolute atomic E-state index is 12.1.